The fourth-order valence-electron chi connectivity index (χ4n) is 4.13. The van der Waals surface area contributed by atoms with Gasteiger partial charge in [0.1, 0.15) is 0 Å². The Hall–Kier alpha value is -0.160. The van der Waals surface area contributed by atoms with E-state index < -0.39 is 0 Å². The third-order valence-corrected chi connectivity index (χ3v) is 5.82. The summed E-state index contributed by atoms with van der Waals surface area (Å²) >= 11 is 0. The minimum absolute atomic E-state index is 0.384. The van der Waals surface area contributed by atoms with Crippen molar-refractivity contribution in [2.24, 2.45) is 5.92 Å². The van der Waals surface area contributed by atoms with Gasteiger partial charge in [0.15, 0.2) is 0 Å². The van der Waals surface area contributed by atoms with Crippen molar-refractivity contribution in [3.63, 3.8) is 0 Å². The first kappa shape index (κ1) is 17.7. The van der Waals surface area contributed by atoms with Gasteiger partial charge < -0.3 is 19.1 Å². The largest absolute Gasteiger partial charge is 0.381 e. The van der Waals surface area contributed by atoms with E-state index in [0.29, 0.717) is 30.5 Å². The van der Waals surface area contributed by atoms with Crippen LogP contribution in [0.4, 0.5) is 0 Å². The molecular formula is C19H35NO3. The van der Waals surface area contributed by atoms with Crippen molar-refractivity contribution in [3.8, 4) is 0 Å². The van der Waals surface area contributed by atoms with E-state index in [4.69, 9.17) is 14.2 Å². The summed E-state index contributed by atoms with van der Waals surface area (Å²) in [5.74, 6) is 0.897. The molecule has 0 N–H and O–H groups in total. The number of hydrogen-bond acceptors (Lipinski definition) is 4. The van der Waals surface area contributed by atoms with Gasteiger partial charge >= 0.3 is 0 Å². The van der Waals surface area contributed by atoms with E-state index in [-0.39, 0.29) is 0 Å². The molecule has 2 saturated carbocycles. The summed E-state index contributed by atoms with van der Waals surface area (Å²) in [6.45, 7) is 7.96. The van der Waals surface area contributed by atoms with Crippen LogP contribution in [0.3, 0.4) is 0 Å². The van der Waals surface area contributed by atoms with Crippen LogP contribution in [0.15, 0.2) is 0 Å². The maximum Gasteiger partial charge on any atom is 0.0628 e. The number of hydrogen-bond donors (Lipinski definition) is 0. The summed E-state index contributed by atoms with van der Waals surface area (Å²) in [7, 11) is 1.80. The Morgan fingerprint density at radius 1 is 0.913 bits per heavy atom. The lowest BCUT2D eigenvalue weighted by Gasteiger charge is -2.40. The van der Waals surface area contributed by atoms with Crippen molar-refractivity contribution in [1.82, 2.24) is 4.90 Å². The monoisotopic (exact) mass is 325 g/mol. The molecule has 0 aromatic rings. The molecule has 0 unspecified atom stereocenters. The van der Waals surface area contributed by atoms with Crippen LogP contribution in [-0.2, 0) is 14.2 Å². The number of methoxy groups -OCH3 is 1. The van der Waals surface area contributed by atoms with E-state index in [0.717, 1.165) is 18.8 Å². The molecule has 0 spiro atoms. The van der Waals surface area contributed by atoms with Crippen LogP contribution < -0.4 is 0 Å². The Morgan fingerprint density at radius 2 is 1.61 bits per heavy atom. The summed E-state index contributed by atoms with van der Waals surface area (Å²) in [4.78, 5) is 2.63. The Bertz CT molecular complexity index is 343. The maximum absolute atomic E-state index is 6.19. The molecule has 134 valence electrons. The molecule has 2 aliphatic carbocycles. The molecule has 1 aliphatic heterocycles. The second kappa shape index (κ2) is 8.28. The highest BCUT2D eigenvalue weighted by molar-refractivity contribution is 4.84. The Labute approximate surface area is 141 Å². The van der Waals surface area contributed by atoms with Crippen LogP contribution in [0.5, 0.6) is 0 Å². The average Bonchev–Trinajstić information content (AvgIpc) is 2.45. The lowest BCUT2D eigenvalue weighted by Crippen LogP contribution is -2.44. The highest BCUT2D eigenvalue weighted by atomic mass is 16.5. The maximum atomic E-state index is 6.19. The lowest BCUT2D eigenvalue weighted by molar-refractivity contribution is -0.126. The molecule has 0 bridgehead atoms. The fraction of sp³-hybridized carbons (Fsp3) is 1.00. The predicted octanol–water partition coefficient (Wildman–Crippen LogP) is 3.24. The average molecular weight is 325 g/mol. The first-order valence-corrected chi connectivity index (χ1v) is 9.68. The first-order chi connectivity index (χ1) is 11.1. The van der Waals surface area contributed by atoms with Crippen LogP contribution in [0.2, 0.25) is 0 Å². The SMILES string of the molecule is COC1CC(OC2CCN(CCC3CC(OC(C)C)C3)CC2)C1. The van der Waals surface area contributed by atoms with Crippen molar-refractivity contribution >= 4 is 0 Å². The van der Waals surface area contributed by atoms with E-state index in [1.807, 2.05) is 0 Å². The van der Waals surface area contributed by atoms with Gasteiger partial charge in [-0.3, -0.25) is 0 Å². The van der Waals surface area contributed by atoms with E-state index >= 15 is 0 Å². The van der Waals surface area contributed by atoms with Crippen LogP contribution >= 0.6 is 0 Å². The molecule has 0 amide bonds. The van der Waals surface area contributed by atoms with Crippen LogP contribution in [0, 0.1) is 5.92 Å². The third kappa shape index (κ3) is 5.15. The van der Waals surface area contributed by atoms with Gasteiger partial charge in [-0.1, -0.05) is 0 Å². The van der Waals surface area contributed by atoms with Crippen molar-refractivity contribution in [2.75, 3.05) is 26.7 Å². The molecule has 3 aliphatic rings. The van der Waals surface area contributed by atoms with Gasteiger partial charge in [0, 0.05) is 20.2 Å². The number of piperidine rings is 1. The Balaban J connectivity index is 1.22. The van der Waals surface area contributed by atoms with Gasteiger partial charge in [-0.2, -0.15) is 0 Å². The van der Waals surface area contributed by atoms with Gasteiger partial charge in [-0.05, 0) is 71.3 Å². The fourth-order valence-corrected chi connectivity index (χ4v) is 4.13. The molecule has 0 aromatic heterocycles. The van der Waals surface area contributed by atoms with Gasteiger partial charge in [-0.25, -0.2) is 0 Å². The first-order valence-electron chi connectivity index (χ1n) is 9.68. The highest BCUT2D eigenvalue weighted by Crippen LogP contribution is 2.34. The Morgan fingerprint density at radius 3 is 2.22 bits per heavy atom. The Kier molecular flexibility index (Phi) is 6.36. The summed E-state index contributed by atoms with van der Waals surface area (Å²) in [6, 6.07) is 0. The van der Waals surface area contributed by atoms with Crippen molar-refractivity contribution < 1.29 is 14.2 Å². The van der Waals surface area contributed by atoms with Gasteiger partial charge in [-0.15, -0.1) is 0 Å². The van der Waals surface area contributed by atoms with E-state index in [9.17, 15) is 0 Å². The van der Waals surface area contributed by atoms with E-state index in [1.54, 1.807) is 7.11 Å². The molecule has 0 atom stereocenters. The molecule has 0 radical (unpaired) electrons. The van der Waals surface area contributed by atoms with Crippen molar-refractivity contribution in [3.05, 3.63) is 0 Å². The smallest absolute Gasteiger partial charge is 0.0628 e. The molecule has 3 fully saturated rings. The molecule has 23 heavy (non-hydrogen) atoms. The third-order valence-electron chi connectivity index (χ3n) is 5.82. The van der Waals surface area contributed by atoms with Gasteiger partial charge in [0.25, 0.3) is 0 Å². The zero-order valence-corrected chi connectivity index (χ0v) is 15.2. The number of likely N-dealkylation sites (tertiary alicyclic amines) is 1. The topological polar surface area (TPSA) is 30.9 Å². The van der Waals surface area contributed by atoms with Crippen LogP contribution in [0.1, 0.15) is 58.8 Å². The molecule has 0 aromatic carbocycles. The molecule has 4 nitrogen and oxygen atoms in total. The quantitative estimate of drug-likeness (QED) is 0.685. The highest BCUT2D eigenvalue weighted by Gasteiger charge is 2.33. The van der Waals surface area contributed by atoms with Gasteiger partial charge in [0.2, 0.25) is 0 Å². The molecule has 3 rings (SSSR count). The minimum atomic E-state index is 0.384. The summed E-state index contributed by atoms with van der Waals surface area (Å²) in [5, 5.41) is 0. The predicted molar refractivity (Wildman–Crippen MR) is 91.7 cm³/mol. The molecular weight excluding hydrogens is 290 g/mol. The lowest BCUT2D eigenvalue weighted by atomic mass is 9.80. The summed E-state index contributed by atoms with van der Waals surface area (Å²) in [6.07, 6.45) is 10.8. The standard InChI is InChI=1S/C19H35NO3/c1-14(2)22-18-10-15(11-18)4-7-20-8-5-16(6-9-20)23-19-12-17(13-19)21-3/h14-19H,4-13H2,1-3H3. The summed E-state index contributed by atoms with van der Waals surface area (Å²) in [5.41, 5.74) is 0. The summed E-state index contributed by atoms with van der Waals surface area (Å²) < 4.78 is 17.4. The van der Waals surface area contributed by atoms with Crippen LogP contribution in [-0.4, -0.2) is 62.2 Å². The minimum Gasteiger partial charge on any atom is -0.381 e. The molecule has 1 saturated heterocycles. The van der Waals surface area contributed by atoms with Crippen LogP contribution in [0.25, 0.3) is 0 Å². The van der Waals surface area contributed by atoms with Crippen molar-refractivity contribution in [1.29, 1.82) is 0 Å². The normalized spacial score (nSPS) is 36.0. The zero-order chi connectivity index (χ0) is 16.2. The second-order valence-corrected chi connectivity index (χ2v) is 8.06. The van der Waals surface area contributed by atoms with E-state index in [1.165, 1.54) is 51.7 Å². The molecule has 4 heteroatoms. The number of rotatable bonds is 8. The van der Waals surface area contributed by atoms with E-state index in [2.05, 4.69) is 18.7 Å². The molecule has 1 heterocycles. The number of ether oxygens (including phenoxy) is 3. The zero-order valence-electron chi connectivity index (χ0n) is 15.2. The van der Waals surface area contributed by atoms with Gasteiger partial charge in [0.05, 0.1) is 30.5 Å². The van der Waals surface area contributed by atoms with Crippen molar-refractivity contribution in [2.45, 2.75) is 89.3 Å². The second-order valence-electron chi connectivity index (χ2n) is 8.06. The number of nitrogens with zero attached hydrogens (tertiary/aromatic N) is 1.